The Morgan fingerprint density at radius 3 is 2.30 bits per heavy atom. The number of aliphatic carboxylic acids is 1. The van der Waals surface area contributed by atoms with Gasteiger partial charge in [0.25, 0.3) is 0 Å². The molecule has 0 saturated heterocycles. The van der Waals surface area contributed by atoms with Crippen LogP contribution >= 0.6 is 0 Å². The summed E-state index contributed by atoms with van der Waals surface area (Å²) >= 11 is 0. The fourth-order valence-electron chi connectivity index (χ4n) is 0.484. The van der Waals surface area contributed by atoms with E-state index in [1.807, 2.05) is 0 Å². The molecule has 0 spiro atoms. The number of carboxylic acids is 1. The van der Waals surface area contributed by atoms with E-state index in [1.54, 1.807) is 6.92 Å². The zero-order chi connectivity index (χ0) is 8.20. The molecule has 0 amide bonds. The second-order valence-electron chi connectivity index (χ2n) is 2.23. The Labute approximate surface area is 59.1 Å². The molecule has 0 bridgehead atoms. The van der Waals surface area contributed by atoms with Crippen molar-refractivity contribution in [2.24, 2.45) is 0 Å². The van der Waals surface area contributed by atoms with E-state index in [1.165, 1.54) is 0 Å². The Balaban J connectivity index is 3.56. The van der Waals surface area contributed by atoms with Gasteiger partial charge in [0, 0.05) is 6.42 Å². The molecular formula is C6H12O4. The third kappa shape index (κ3) is 4.29. The summed E-state index contributed by atoms with van der Waals surface area (Å²) in [5.41, 5.74) is 0. The maximum absolute atomic E-state index is 9.94. The largest absolute Gasteiger partial charge is 0.481 e. The van der Waals surface area contributed by atoms with Crippen LogP contribution in [0.5, 0.6) is 0 Å². The molecule has 4 nitrogen and oxygen atoms in total. The summed E-state index contributed by atoms with van der Waals surface area (Å²) in [7, 11) is 0. The molecule has 0 heterocycles. The predicted molar refractivity (Wildman–Crippen MR) is 34.3 cm³/mol. The number of hydrogen-bond acceptors (Lipinski definition) is 3. The molecule has 0 rings (SSSR count). The SMILES string of the molecule is CCC(O)(O)CCC(=O)O. The minimum atomic E-state index is -1.81. The Kier molecular flexibility index (Phi) is 3.32. The second kappa shape index (κ2) is 3.53. The van der Waals surface area contributed by atoms with Gasteiger partial charge in [-0.2, -0.15) is 0 Å². The molecule has 4 heteroatoms. The van der Waals surface area contributed by atoms with Crippen LogP contribution in [0.4, 0.5) is 0 Å². The molecule has 60 valence electrons. The molecule has 0 aromatic carbocycles. The second-order valence-corrected chi connectivity index (χ2v) is 2.23. The highest BCUT2D eigenvalue weighted by atomic mass is 16.5. The monoisotopic (exact) mass is 148 g/mol. The minimum Gasteiger partial charge on any atom is -0.481 e. The summed E-state index contributed by atoms with van der Waals surface area (Å²) in [6.07, 6.45) is -0.167. The first-order valence-electron chi connectivity index (χ1n) is 3.14. The third-order valence-electron chi connectivity index (χ3n) is 1.31. The van der Waals surface area contributed by atoms with E-state index in [4.69, 9.17) is 15.3 Å². The zero-order valence-corrected chi connectivity index (χ0v) is 5.87. The van der Waals surface area contributed by atoms with Crippen molar-refractivity contribution in [3.63, 3.8) is 0 Å². The van der Waals surface area contributed by atoms with Crippen molar-refractivity contribution in [1.82, 2.24) is 0 Å². The van der Waals surface area contributed by atoms with Crippen LogP contribution in [0.3, 0.4) is 0 Å². The minimum absolute atomic E-state index is 0.112. The van der Waals surface area contributed by atoms with E-state index in [-0.39, 0.29) is 19.3 Å². The summed E-state index contributed by atoms with van der Waals surface area (Å²) < 4.78 is 0. The highest BCUT2D eigenvalue weighted by Crippen LogP contribution is 2.12. The molecule has 0 aliphatic heterocycles. The Morgan fingerprint density at radius 1 is 1.50 bits per heavy atom. The van der Waals surface area contributed by atoms with Gasteiger partial charge in [0.05, 0.1) is 6.42 Å². The van der Waals surface area contributed by atoms with E-state index in [9.17, 15) is 4.79 Å². The first-order chi connectivity index (χ1) is 4.48. The van der Waals surface area contributed by atoms with Gasteiger partial charge in [-0.1, -0.05) is 6.92 Å². The molecule has 0 atom stereocenters. The van der Waals surface area contributed by atoms with Crippen molar-refractivity contribution in [1.29, 1.82) is 0 Å². The number of aliphatic hydroxyl groups is 2. The van der Waals surface area contributed by atoms with Gasteiger partial charge in [-0.25, -0.2) is 0 Å². The van der Waals surface area contributed by atoms with Gasteiger partial charge in [-0.15, -0.1) is 0 Å². The lowest BCUT2D eigenvalue weighted by molar-refractivity contribution is -0.173. The van der Waals surface area contributed by atoms with Gasteiger partial charge in [0.15, 0.2) is 5.79 Å². The van der Waals surface area contributed by atoms with Crippen LogP contribution in [0.1, 0.15) is 26.2 Å². The normalized spacial score (nSPS) is 11.5. The molecule has 0 saturated carbocycles. The summed E-state index contributed by atoms with van der Waals surface area (Å²) in [4.78, 5) is 9.94. The number of carbonyl (C=O) groups is 1. The zero-order valence-electron chi connectivity index (χ0n) is 5.87. The lowest BCUT2D eigenvalue weighted by Crippen LogP contribution is -2.27. The van der Waals surface area contributed by atoms with Crippen LogP contribution < -0.4 is 0 Å². The van der Waals surface area contributed by atoms with Gasteiger partial charge in [-0.3, -0.25) is 4.79 Å². The standard InChI is InChI=1S/C6H12O4/c1-2-6(9,10)4-3-5(7)8/h9-10H,2-4H2,1H3,(H,7,8). The first-order valence-corrected chi connectivity index (χ1v) is 3.14. The fraction of sp³-hybridized carbons (Fsp3) is 0.833. The molecule has 3 N–H and O–H groups in total. The highest BCUT2D eigenvalue weighted by Gasteiger charge is 2.20. The average Bonchev–Trinajstić information content (AvgIpc) is 1.85. The Bertz CT molecular complexity index is 119. The third-order valence-corrected chi connectivity index (χ3v) is 1.31. The number of rotatable bonds is 4. The molecular weight excluding hydrogens is 136 g/mol. The number of carboxylic acid groups (broad SMARTS) is 1. The van der Waals surface area contributed by atoms with Gasteiger partial charge in [0.2, 0.25) is 0 Å². The van der Waals surface area contributed by atoms with E-state index in [2.05, 4.69) is 0 Å². The van der Waals surface area contributed by atoms with E-state index in [0.717, 1.165) is 0 Å². The van der Waals surface area contributed by atoms with E-state index < -0.39 is 11.8 Å². The topological polar surface area (TPSA) is 77.8 Å². The van der Waals surface area contributed by atoms with Crippen LogP contribution in [0.15, 0.2) is 0 Å². The molecule has 0 radical (unpaired) electrons. The van der Waals surface area contributed by atoms with Crippen molar-refractivity contribution >= 4 is 5.97 Å². The predicted octanol–water partition coefficient (Wildman–Crippen LogP) is -0.0579. The maximum atomic E-state index is 9.94. The van der Waals surface area contributed by atoms with Crippen molar-refractivity contribution in [2.45, 2.75) is 32.0 Å². The molecule has 0 aliphatic carbocycles. The summed E-state index contributed by atoms with van der Waals surface area (Å²) in [6, 6.07) is 0. The summed E-state index contributed by atoms with van der Waals surface area (Å²) in [5, 5.41) is 25.9. The highest BCUT2D eigenvalue weighted by molar-refractivity contribution is 5.66. The van der Waals surface area contributed by atoms with Gasteiger partial charge in [0.1, 0.15) is 0 Å². The molecule has 0 fully saturated rings. The lowest BCUT2D eigenvalue weighted by Gasteiger charge is -2.17. The van der Waals surface area contributed by atoms with Crippen LogP contribution in [-0.4, -0.2) is 27.1 Å². The summed E-state index contributed by atoms with van der Waals surface area (Å²) in [5.74, 6) is -2.82. The van der Waals surface area contributed by atoms with Gasteiger partial charge < -0.3 is 15.3 Å². The maximum Gasteiger partial charge on any atom is 0.303 e. The quantitative estimate of drug-likeness (QED) is 0.488. The van der Waals surface area contributed by atoms with E-state index in [0.29, 0.717) is 0 Å². The van der Waals surface area contributed by atoms with Crippen molar-refractivity contribution in [3.8, 4) is 0 Å². The number of hydrogen-bond donors (Lipinski definition) is 3. The Hall–Kier alpha value is -0.610. The fourth-order valence-corrected chi connectivity index (χ4v) is 0.484. The molecule has 0 aliphatic rings. The first kappa shape index (κ1) is 9.39. The van der Waals surface area contributed by atoms with Crippen molar-refractivity contribution < 1.29 is 20.1 Å². The smallest absolute Gasteiger partial charge is 0.303 e. The van der Waals surface area contributed by atoms with E-state index >= 15 is 0 Å². The van der Waals surface area contributed by atoms with Crippen LogP contribution in [0.2, 0.25) is 0 Å². The Morgan fingerprint density at radius 2 is 2.00 bits per heavy atom. The van der Waals surface area contributed by atoms with Crippen molar-refractivity contribution in [2.75, 3.05) is 0 Å². The van der Waals surface area contributed by atoms with Gasteiger partial charge in [-0.05, 0) is 6.42 Å². The van der Waals surface area contributed by atoms with Crippen LogP contribution in [0, 0.1) is 0 Å². The lowest BCUT2D eigenvalue weighted by atomic mass is 10.1. The molecule has 0 unspecified atom stereocenters. The molecule has 0 aromatic rings. The molecule has 0 aromatic heterocycles. The van der Waals surface area contributed by atoms with Gasteiger partial charge >= 0.3 is 5.97 Å². The average molecular weight is 148 g/mol. The molecule has 10 heavy (non-hydrogen) atoms. The van der Waals surface area contributed by atoms with Crippen LogP contribution in [0.25, 0.3) is 0 Å². The van der Waals surface area contributed by atoms with Crippen LogP contribution in [-0.2, 0) is 4.79 Å². The van der Waals surface area contributed by atoms with Crippen molar-refractivity contribution in [3.05, 3.63) is 0 Å². The summed E-state index contributed by atoms with van der Waals surface area (Å²) in [6.45, 7) is 1.59.